The normalized spacial score (nSPS) is 18.5. The van der Waals surface area contributed by atoms with Crippen molar-refractivity contribution in [1.29, 1.82) is 0 Å². The predicted octanol–water partition coefficient (Wildman–Crippen LogP) is 2.32. The summed E-state index contributed by atoms with van der Waals surface area (Å²) in [5.74, 6) is -2.44. The van der Waals surface area contributed by atoms with Gasteiger partial charge >= 0.3 is 24.6 Å². The van der Waals surface area contributed by atoms with Crippen molar-refractivity contribution in [2.45, 2.75) is 39.1 Å². The number of aliphatic carboxylic acids is 2. The summed E-state index contributed by atoms with van der Waals surface area (Å²) in [6.45, 7) is 2.63. The number of hydrogen-bond acceptors (Lipinski definition) is 6. The lowest BCUT2D eigenvalue weighted by atomic mass is 10.1. The molecule has 1 aliphatic rings. The molecule has 11 heteroatoms. The largest absolute Gasteiger partial charge is 0.478 e. The number of carboxylic acid groups (broad SMARTS) is 2. The molecule has 1 amide bonds. The standard InChI is InChI=1S/C15H20F2N2O3.C4H4O4/c1-10-7-18-8-11(2)19(10)15(20)21-9-12-3-5-13(6-4-12)22-14(16)17;5-3(6)1-2-4(7)8/h3-6,10-11,14,18H,7-9H2,1-2H3;1-2H,(H,5,6)(H,7,8)/b;2-1+/t10-,11-;/m1./s1. The Kier molecular flexibility index (Phi) is 10.2. The lowest BCUT2D eigenvalue weighted by Crippen LogP contribution is -2.57. The second-order valence-electron chi connectivity index (χ2n) is 6.35. The van der Waals surface area contributed by atoms with Crippen molar-refractivity contribution in [3.8, 4) is 5.75 Å². The van der Waals surface area contributed by atoms with Crippen LogP contribution in [0, 0.1) is 0 Å². The number of rotatable bonds is 6. The molecule has 9 nitrogen and oxygen atoms in total. The number of piperazine rings is 1. The number of alkyl halides is 2. The van der Waals surface area contributed by atoms with Gasteiger partial charge < -0.3 is 29.9 Å². The summed E-state index contributed by atoms with van der Waals surface area (Å²) in [7, 11) is 0. The maximum atomic E-state index is 12.2. The number of nitrogens with one attached hydrogen (secondary N) is 1. The first-order chi connectivity index (χ1) is 14.1. The SMILES string of the molecule is C[C@@H]1CNC[C@@H](C)N1C(=O)OCc1ccc(OC(F)F)cc1.O=C(O)/C=C/C(=O)O. The van der Waals surface area contributed by atoms with Crippen molar-refractivity contribution in [3.05, 3.63) is 42.0 Å². The van der Waals surface area contributed by atoms with Crippen molar-refractivity contribution in [1.82, 2.24) is 10.2 Å². The number of hydrogen-bond donors (Lipinski definition) is 3. The maximum Gasteiger partial charge on any atom is 0.410 e. The summed E-state index contributed by atoms with van der Waals surface area (Å²) in [5, 5.41) is 18.9. The molecular formula is C19H24F2N2O7. The van der Waals surface area contributed by atoms with E-state index in [9.17, 15) is 23.2 Å². The van der Waals surface area contributed by atoms with Crippen molar-refractivity contribution in [2.75, 3.05) is 13.1 Å². The Morgan fingerprint density at radius 1 is 1.10 bits per heavy atom. The van der Waals surface area contributed by atoms with Crippen molar-refractivity contribution in [3.63, 3.8) is 0 Å². The Morgan fingerprint density at radius 3 is 2.03 bits per heavy atom. The first-order valence-electron chi connectivity index (χ1n) is 8.93. The molecule has 1 heterocycles. The summed E-state index contributed by atoms with van der Waals surface area (Å²) in [6.07, 6.45) is 0.749. The highest BCUT2D eigenvalue weighted by Gasteiger charge is 2.29. The summed E-state index contributed by atoms with van der Waals surface area (Å²) in [4.78, 5) is 33.0. The minimum atomic E-state index is -2.85. The van der Waals surface area contributed by atoms with E-state index in [4.69, 9.17) is 14.9 Å². The van der Waals surface area contributed by atoms with Crippen LogP contribution in [0.1, 0.15) is 19.4 Å². The first kappa shape index (κ1) is 24.8. The quantitative estimate of drug-likeness (QED) is 0.587. The lowest BCUT2D eigenvalue weighted by molar-refractivity contribution is -0.134. The molecule has 166 valence electrons. The van der Waals surface area contributed by atoms with Gasteiger partial charge in [0.05, 0.1) is 0 Å². The lowest BCUT2D eigenvalue weighted by Gasteiger charge is -2.38. The monoisotopic (exact) mass is 430 g/mol. The number of ether oxygens (including phenoxy) is 2. The van der Waals surface area contributed by atoms with Crippen molar-refractivity contribution < 1.29 is 42.9 Å². The molecule has 1 aliphatic heterocycles. The average Bonchev–Trinajstić information content (AvgIpc) is 2.66. The number of nitrogens with zero attached hydrogens (tertiary/aromatic N) is 1. The Hall–Kier alpha value is -3.21. The summed E-state index contributed by atoms with van der Waals surface area (Å²) in [6, 6.07) is 6.17. The van der Waals surface area contributed by atoms with Crippen molar-refractivity contribution in [2.24, 2.45) is 0 Å². The number of halogens is 2. The number of carboxylic acids is 2. The van der Waals surface area contributed by atoms with Crippen LogP contribution < -0.4 is 10.1 Å². The summed E-state index contributed by atoms with van der Waals surface area (Å²) >= 11 is 0. The molecule has 1 aromatic carbocycles. The molecule has 1 saturated heterocycles. The Balaban J connectivity index is 0.000000479. The third kappa shape index (κ3) is 9.32. The van der Waals surface area contributed by atoms with Crippen LogP contribution in [0.5, 0.6) is 5.75 Å². The molecular weight excluding hydrogens is 406 g/mol. The fourth-order valence-corrected chi connectivity index (χ4v) is 2.62. The molecule has 0 aliphatic carbocycles. The van der Waals surface area contributed by atoms with E-state index in [1.54, 1.807) is 17.0 Å². The van der Waals surface area contributed by atoms with E-state index in [0.29, 0.717) is 17.7 Å². The van der Waals surface area contributed by atoms with E-state index in [-0.39, 0.29) is 30.5 Å². The highest BCUT2D eigenvalue weighted by Crippen LogP contribution is 2.17. The molecule has 30 heavy (non-hydrogen) atoms. The van der Waals surface area contributed by atoms with Gasteiger partial charge in [-0.05, 0) is 31.5 Å². The minimum absolute atomic E-state index is 0.0677. The van der Waals surface area contributed by atoms with E-state index in [0.717, 1.165) is 13.1 Å². The molecule has 0 spiro atoms. The van der Waals surface area contributed by atoms with Crippen LogP contribution >= 0.6 is 0 Å². The van der Waals surface area contributed by atoms with E-state index in [2.05, 4.69) is 10.1 Å². The fraction of sp³-hybridized carbons (Fsp3) is 0.421. The average molecular weight is 430 g/mol. The zero-order chi connectivity index (χ0) is 22.7. The van der Waals surface area contributed by atoms with E-state index in [1.165, 1.54) is 12.1 Å². The highest BCUT2D eigenvalue weighted by molar-refractivity contribution is 5.89. The van der Waals surface area contributed by atoms with Crippen molar-refractivity contribution >= 4 is 18.0 Å². The van der Waals surface area contributed by atoms with Gasteiger partial charge in [-0.2, -0.15) is 8.78 Å². The number of carbonyl (C=O) groups is 3. The molecule has 2 atom stereocenters. The van der Waals surface area contributed by atoms with Crippen LogP contribution in [-0.2, 0) is 20.9 Å². The molecule has 0 saturated carbocycles. The molecule has 1 fully saturated rings. The van der Waals surface area contributed by atoms with Gasteiger partial charge in [0.2, 0.25) is 0 Å². The second kappa shape index (κ2) is 12.4. The van der Waals surface area contributed by atoms with Crippen LogP contribution in [0.25, 0.3) is 0 Å². The Bertz CT molecular complexity index is 715. The number of carbonyl (C=O) groups excluding carboxylic acids is 1. The zero-order valence-electron chi connectivity index (χ0n) is 16.5. The third-order valence-electron chi connectivity index (χ3n) is 3.92. The fourth-order valence-electron chi connectivity index (χ4n) is 2.62. The molecule has 1 aromatic rings. The second-order valence-corrected chi connectivity index (χ2v) is 6.35. The van der Waals surface area contributed by atoms with Gasteiger partial charge in [-0.3, -0.25) is 0 Å². The smallest absolute Gasteiger partial charge is 0.410 e. The topological polar surface area (TPSA) is 125 Å². The Labute approximate surface area is 171 Å². The predicted molar refractivity (Wildman–Crippen MR) is 101 cm³/mol. The van der Waals surface area contributed by atoms with Crippen LogP contribution in [0.3, 0.4) is 0 Å². The maximum absolute atomic E-state index is 12.2. The van der Waals surface area contributed by atoms with Gasteiger partial charge in [0, 0.05) is 37.3 Å². The van der Waals surface area contributed by atoms with E-state index >= 15 is 0 Å². The zero-order valence-corrected chi connectivity index (χ0v) is 16.5. The Morgan fingerprint density at radius 2 is 1.60 bits per heavy atom. The minimum Gasteiger partial charge on any atom is -0.478 e. The summed E-state index contributed by atoms with van der Waals surface area (Å²) in [5.41, 5.74) is 0.713. The van der Waals surface area contributed by atoms with Gasteiger partial charge in [-0.25, -0.2) is 14.4 Å². The molecule has 3 N–H and O–H groups in total. The van der Waals surface area contributed by atoms with Crippen LogP contribution in [0.4, 0.5) is 13.6 Å². The summed E-state index contributed by atoms with van der Waals surface area (Å²) < 4.78 is 33.7. The van der Waals surface area contributed by atoms with Gasteiger partial charge in [-0.15, -0.1) is 0 Å². The molecule has 2 rings (SSSR count). The van der Waals surface area contributed by atoms with E-state index in [1.807, 2.05) is 13.8 Å². The number of amides is 1. The molecule has 0 unspecified atom stereocenters. The van der Waals surface area contributed by atoms with Crippen LogP contribution in [0.15, 0.2) is 36.4 Å². The number of benzene rings is 1. The van der Waals surface area contributed by atoms with Gasteiger partial charge in [0.15, 0.2) is 0 Å². The van der Waals surface area contributed by atoms with Gasteiger partial charge in [0.25, 0.3) is 0 Å². The van der Waals surface area contributed by atoms with E-state index < -0.39 is 18.6 Å². The molecule has 0 radical (unpaired) electrons. The highest BCUT2D eigenvalue weighted by atomic mass is 19.3. The molecule has 0 bridgehead atoms. The van der Waals surface area contributed by atoms with Gasteiger partial charge in [0.1, 0.15) is 12.4 Å². The third-order valence-corrected chi connectivity index (χ3v) is 3.92. The first-order valence-corrected chi connectivity index (χ1v) is 8.93. The van der Waals surface area contributed by atoms with Crippen LogP contribution in [-0.4, -0.2) is 64.9 Å². The van der Waals surface area contributed by atoms with Crippen LogP contribution in [0.2, 0.25) is 0 Å². The van der Waals surface area contributed by atoms with Gasteiger partial charge in [-0.1, -0.05) is 12.1 Å². The molecule has 0 aromatic heterocycles.